The molecule has 1 saturated carbocycles. The molecule has 0 spiro atoms. The van der Waals surface area contributed by atoms with Crippen molar-refractivity contribution in [1.29, 1.82) is 0 Å². The van der Waals surface area contributed by atoms with Crippen LogP contribution in [0.2, 0.25) is 0 Å². The lowest BCUT2D eigenvalue weighted by molar-refractivity contribution is -0.348. The second-order valence-corrected chi connectivity index (χ2v) is 14.5. The summed E-state index contributed by atoms with van der Waals surface area (Å²) in [5.74, 6) is -2.52. The molecule has 0 bridgehead atoms. The van der Waals surface area contributed by atoms with Crippen molar-refractivity contribution in [3.05, 3.63) is 65.0 Å². The van der Waals surface area contributed by atoms with E-state index in [1.165, 1.54) is 6.92 Å². The first-order valence-corrected chi connectivity index (χ1v) is 16.3. The summed E-state index contributed by atoms with van der Waals surface area (Å²) >= 11 is 0. The highest BCUT2D eigenvalue weighted by atomic mass is 32.2. The van der Waals surface area contributed by atoms with E-state index < -0.39 is 61.9 Å². The van der Waals surface area contributed by atoms with Crippen molar-refractivity contribution in [2.75, 3.05) is 13.1 Å². The van der Waals surface area contributed by atoms with Gasteiger partial charge in [0.15, 0.2) is 9.84 Å². The number of hydrogen-bond acceptors (Lipinski definition) is 4. The number of rotatable bonds is 5. The fraction of sp³-hybridized carbons (Fsp3) is 0.548. The van der Waals surface area contributed by atoms with Crippen LogP contribution < -0.4 is 5.32 Å². The maximum atomic E-state index is 15.1. The molecule has 46 heavy (non-hydrogen) atoms. The molecule has 0 radical (unpaired) electrons. The number of nitrogens with one attached hydrogen (secondary N) is 1. The molecule has 2 aliphatic carbocycles. The quantitative estimate of drug-likeness (QED) is 0.298. The van der Waals surface area contributed by atoms with Gasteiger partial charge in [-0.2, -0.15) is 26.3 Å². The van der Waals surface area contributed by atoms with Gasteiger partial charge in [-0.25, -0.2) is 17.2 Å². The van der Waals surface area contributed by atoms with Gasteiger partial charge in [0.05, 0.1) is 4.90 Å². The third-order valence-electron chi connectivity index (χ3n) is 9.86. The van der Waals surface area contributed by atoms with E-state index in [0.717, 1.165) is 30.3 Å². The highest BCUT2D eigenvalue weighted by Gasteiger charge is 2.73. The molecule has 0 unspecified atom stereocenters. The lowest BCUT2D eigenvalue weighted by atomic mass is 9.82. The van der Waals surface area contributed by atoms with Gasteiger partial charge in [0, 0.05) is 43.5 Å². The molecule has 1 aliphatic heterocycles. The van der Waals surface area contributed by atoms with Crippen molar-refractivity contribution >= 4 is 21.7 Å². The zero-order valence-corrected chi connectivity index (χ0v) is 25.5. The second-order valence-electron chi connectivity index (χ2n) is 12.3. The Balaban J connectivity index is 1.59. The summed E-state index contributed by atoms with van der Waals surface area (Å²) in [6.45, 7) is 2.16. The summed E-state index contributed by atoms with van der Waals surface area (Å²) in [5, 5.41) is 2.96. The monoisotopic (exact) mass is 680 g/mol. The summed E-state index contributed by atoms with van der Waals surface area (Å²) in [7, 11) is -4.53. The van der Waals surface area contributed by atoms with E-state index in [1.807, 2.05) is 0 Å². The third-order valence-corrected chi connectivity index (χ3v) is 12.4. The number of sulfone groups is 1. The van der Waals surface area contributed by atoms with E-state index in [9.17, 15) is 48.7 Å². The first kappa shape index (κ1) is 34.1. The van der Waals surface area contributed by atoms with Crippen LogP contribution in [0.5, 0.6) is 0 Å². The van der Waals surface area contributed by atoms with E-state index in [2.05, 4.69) is 5.32 Å². The molecule has 0 aromatic heterocycles. The van der Waals surface area contributed by atoms with Crippen LogP contribution in [-0.4, -0.2) is 56.6 Å². The lowest BCUT2D eigenvalue weighted by Gasteiger charge is -2.38. The van der Waals surface area contributed by atoms with Crippen LogP contribution in [0.4, 0.5) is 35.1 Å². The van der Waals surface area contributed by atoms with Crippen molar-refractivity contribution in [3.63, 3.8) is 0 Å². The van der Waals surface area contributed by atoms with Gasteiger partial charge in [0.1, 0.15) is 10.6 Å². The number of hydrogen-bond donors (Lipinski definition) is 1. The number of carbonyl (C=O) groups is 2. The largest absolute Gasteiger partial charge is 0.435 e. The van der Waals surface area contributed by atoms with Crippen LogP contribution in [0.25, 0.3) is 0 Å². The van der Waals surface area contributed by atoms with Crippen molar-refractivity contribution in [2.24, 2.45) is 11.8 Å². The zero-order chi connectivity index (χ0) is 33.9. The maximum absolute atomic E-state index is 15.1. The predicted octanol–water partition coefficient (Wildman–Crippen LogP) is 6.27. The average molecular weight is 681 g/mol. The Morgan fingerprint density at radius 1 is 0.891 bits per heavy atom. The van der Waals surface area contributed by atoms with Gasteiger partial charge in [-0.1, -0.05) is 18.2 Å². The first-order chi connectivity index (χ1) is 21.3. The maximum Gasteiger partial charge on any atom is 0.435 e. The number of carbonyl (C=O) groups excluding carboxylic acids is 2. The molecule has 3 atom stereocenters. The van der Waals surface area contributed by atoms with Gasteiger partial charge in [0.2, 0.25) is 11.8 Å². The highest BCUT2D eigenvalue weighted by Crippen LogP contribution is 2.58. The van der Waals surface area contributed by atoms with Crippen LogP contribution in [0, 0.1) is 17.7 Å². The predicted molar refractivity (Wildman–Crippen MR) is 149 cm³/mol. The minimum Gasteiger partial charge on any atom is -0.353 e. The zero-order valence-electron chi connectivity index (χ0n) is 24.6. The van der Waals surface area contributed by atoms with Crippen LogP contribution >= 0.6 is 0 Å². The molecule has 2 fully saturated rings. The minimum absolute atomic E-state index is 0.0683. The molecular formula is C31H32F8N2O4S. The van der Waals surface area contributed by atoms with Crippen LogP contribution in [-0.2, 0) is 36.3 Å². The number of halogens is 8. The Kier molecular flexibility index (Phi) is 8.74. The molecule has 15 heteroatoms. The fourth-order valence-electron chi connectivity index (χ4n) is 7.51. The molecule has 1 saturated heterocycles. The smallest absolute Gasteiger partial charge is 0.353 e. The average Bonchev–Trinajstić information content (AvgIpc) is 3.25. The summed E-state index contributed by atoms with van der Waals surface area (Å²) in [6, 6.07) is 4.79. The summed E-state index contributed by atoms with van der Waals surface area (Å²) in [5.41, 5.74) is -7.65. The van der Waals surface area contributed by atoms with Gasteiger partial charge in [-0.05, 0) is 80.3 Å². The van der Waals surface area contributed by atoms with Gasteiger partial charge >= 0.3 is 18.0 Å². The van der Waals surface area contributed by atoms with E-state index >= 15 is 4.39 Å². The third kappa shape index (κ3) is 5.45. The summed E-state index contributed by atoms with van der Waals surface area (Å²) in [4.78, 5) is 26.4. The molecule has 1 N–H and O–H groups in total. The Morgan fingerprint density at radius 3 is 2.07 bits per heavy atom. The van der Waals surface area contributed by atoms with E-state index in [-0.39, 0.29) is 59.9 Å². The molecule has 6 nitrogen and oxygen atoms in total. The number of nitrogens with zero attached hydrogens (tertiary/aromatic N) is 1. The molecule has 252 valence electrons. The Labute approximate surface area is 260 Å². The topological polar surface area (TPSA) is 83.6 Å². The first-order valence-electron chi connectivity index (χ1n) is 14.9. The van der Waals surface area contributed by atoms with Gasteiger partial charge in [0.25, 0.3) is 0 Å². The Hall–Kier alpha value is -3.23. The van der Waals surface area contributed by atoms with Crippen LogP contribution in [0.15, 0.2) is 47.4 Å². The number of amides is 2. The minimum atomic E-state index is -6.35. The number of fused-ring (bicyclic) bond motifs is 3. The standard InChI is InChI=1S/C31H32F8N2O4S/c1-18(42)41-15-12-19(13-16-41)27(43)40-26-11-14-28(46(44,45)23-8-6-22(32)7-9-23)24-10-5-21(17-20(24)3-2-4-25(26)28)29(33,30(34,35)36)31(37,38)39/h5-10,17,19,25-26H,2-4,11-16H2,1H3,(H,40,43)/t25-,26+,28+/m0/s1. The summed E-state index contributed by atoms with van der Waals surface area (Å²) < 4.78 is 138. The van der Waals surface area contributed by atoms with E-state index in [0.29, 0.717) is 38.1 Å². The van der Waals surface area contributed by atoms with Crippen molar-refractivity contribution < 1.29 is 53.1 Å². The lowest BCUT2D eigenvalue weighted by Crippen LogP contribution is -2.50. The number of benzene rings is 2. The normalized spacial score (nSPS) is 24.6. The van der Waals surface area contributed by atoms with Gasteiger partial charge < -0.3 is 10.2 Å². The number of likely N-dealkylation sites (tertiary alicyclic amines) is 1. The number of piperidine rings is 1. The number of aryl methyl sites for hydroxylation is 1. The van der Waals surface area contributed by atoms with Crippen molar-refractivity contribution in [3.8, 4) is 0 Å². The van der Waals surface area contributed by atoms with Gasteiger partial charge in [-0.15, -0.1) is 0 Å². The molecular weight excluding hydrogens is 648 g/mol. The summed E-state index contributed by atoms with van der Waals surface area (Å²) in [6.07, 6.45) is -11.9. The fourth-order valence-corrected chi connectivity index (χ4v) is 9.98. The van der Waals surface area contributed by atoms with Crippen molar-refractivity contribution in [2.45, 2.75) is 85.6 Å². The number of alkyl halides is 7. The SMILES string of the molecule is CC(=O)N1CCC(C(=O)N[C@@H]2CC[C@@]3(S(=O)(=O)c4ccc(F)cc4)c4ccc(C(F)(C(F)(F)F)C(F)(F)F)cc4CCC[C@@H]23)CC1. The highest BCUT2D eigenvalue weighted by molar-refractivity contribution is 7.92. The Morgan fingerprint density at radius 2 is 1.50 bits per heavy atom. The van der Waals surface area contributed by atoms with Crippen LogP contribution in [0.1, 0.15) is 62.1 Å². The molecule has 5 rings (SSSR count). The molecule has 2 aromatic carbocycles. The molecule has 3 aliphatic rings. The van der Waals surface area contributed by atoms with Crippen molar-refractivity contribution in [1.82, 2.24) is 10.2 Å². The Bertz CT molecular complexity index is 1590. The van der Waals surface area contributed by atoms with Crippen LogP contribution in [0.3, 0.4) is 0 Å². The van der Waals surface area contributed by atoms with Gasteiger partial charge in [-0.3, -0.25) is 9.59 Å². The van der Waals surface area contributed by atoms with E-state index in [4.69, 9.17) is 0 Å². The molecule has 2 aromatic rings. The van der Waals surface area contributed by atoms with E-state index in [1.54, 1.807) is 4.90 Å². The molecule has 1 heterocycles. The molecule has 2 amide bonds. The second kappa shape index (κ2) is 11.8.